The molecule has 6 nitrogen and oxygen atoms in total. The lowest BCUT2D eigenvalue weighted by molar-refractivity contribution is -0.120. The highest BCUT2D eigenvalue weighted by molar-refractivity contribution is 5.92. The summed E-state index contributed by atoms with van der Waals surface area (Å²) in [6.07, 6.45) is 0. The number of rotatable bonds is 6. The summed E-state index contributed by atoms with van der Waals surface area (Å²) in [5, 5.41) is 10.9. The highest BCUT2D eigenvalue weighted by Gasteiger charge is 2.06. The van der Waals surface area contributed by atoms with E-state index in [-0.39, 0.29) is 18.5 Å². The molecule has 1 atom stereocenters. The molecule has 0 aromatic heterocycles. The van der Waals surface area contributed by atoms with Gasteiger partial charge in [-0.2, -0.15) is 0 Å². The van der Waals surface area contributed by atoms with Crippen LogP contribution in [0.5, 0.6) is 0 Å². The molecule has 3 amide bonds. The number of likely N-dealkylation sites (N-methyl/N-ethyl adjacent to an activating group) is 1. The van der Waals surface area contributed by atoms with Crippen molar-refractivity contribution < 1.29 is 9.59 Å². The van der Waals surface area contributed by atoms with E-state index in [0.717, 1.165) is 5.56 Å². The summed E-state index contributed by atoms with van der Waals surface area (Å²) < 4.78 is 0. The molecule has 20 heavy (non-hydrogen) atoms. The fraction of sp³-hybridized carbons (Fsp3) is 0.429. The van der Waals surface area contributed by atoms with Crippen LogP contribution in [0.4, 0.5) is 10.5 Å². The van der Waals surface area contributed by atoms with E-state index in [1.165, 1.54) is 0 Å². The lowest BCUT2D eigenvalue weighted by atomic mass is 10.2. The summed E-state index contributed by atoms with van der Waals surface area (Å²) in [6, 6.07) is 7.25. The quantitative estimate of drug-likeness (QED) is 0.622. The smallest absolute Gasteiger partial charge is 0.319 e. The van der Waals surface area contributed by atoms with Crippen molar-refractivity contribution in [1.29, 1.82) is 0 Å². The molecule has 0 spiro atoms. The van der Waals surface area contributed by atoms with E-state index in [0.29, 0.717) is 12.2 Å². The van der Waals surface area contributed by atoms with Crippen molar-refractivity contribution in [1.82, 2.24) is 16.0 Å². The third-order valence-corrected chi connectivity index (χ3v) is 2.78. The van der Waals surface area contributed by atoms with Gasteiger partial charge < -0.3 is 21.3 Å². The zero-order valence-electron chi connectivity index (χ0n) is 12.1. The Balaban J connectivity index is 2.27. The molecule has 6 heteroatoms. The van der Waals surface area contributed by atoms with Gasteiger partial charge in [-0.15, -0.1) is 0 Å². The fourth-order valence-corrected chi connectivity index (χ4v) is 1.49. The predicted molar refractivity (Wildman–Crippen MR) is 79.7 cm³/mol. The summed E-state index contributed by atoms with van der Waals surface area (Å²) in [5.74, 6) is -0.216. The Morgan fingerprint density at radius 1 is 1.25 bits per heavy atom. The molecule has 0 heterocycles. The third-order valence-electron chi connectivity index (χ3n) is 2.78. The third kappa shape index (κ3) is 6.19. The summed E-state index contributed by atoms with van der Waals surface area (Å²) in [7, 11) is 1.82. The van der Waals surface area contributed by atoms with Gasteiger partial charge in [0.05, 0.1) is 6.54 Å². The van der Waals surface area contributed by atoms with Crippen LogP contribution in [-0.4, -0.2) is 38.1 Å². The molecule has 1 rings (SSSR count). The van der Waals surface area contributed by atoms with Gasteiger partial charge in [0.25, 0.3) is 0 Å². The van der Waals surface area contributed by atoms with Crippen LogP contribution in [0.1, 0.15) is 12.5 Å². The summed E-state index contributed by atoms with van der Waals surface area (Å²) >= 11 is 0. The summed E-state index contributed by atoms with van der Waals surface area (Å²) in [6.45, 7) is 4.38. The maximum Gasteiger partial charge on any atom is 0.319 e. The highest BCUT2D eigenvalue weighted by atomic mass is 16.2. The first kappa shape index (κ1) is 16.0. The second-order valence-electron chi connectivity index (χ2n) is 4.67. The van der Waals surface area contributed by atoms with E-state index >= 15 is 0 Å². The van der Waals surface area contributed by atoms with E-state index in [9.17, 15) is 9.59 Å². The Labute approximate surface area is 119 Å². The zero-order chi connectivity index (χ0) is 15.0. The highest BCUT2D eigenvalue weighted by Crippen LogP contribution is 2.08. The van der Waals surface area contributed by atoms with Crippen molar-refractivity contribution in [2.45, 2.75) is 19.9 Å². The largest absolute Gasteiger partial charge is 0.353 e. The zero-order valence-corrected chi connectivity index (χ0v) is 12.1. The molecule has 0 aliphatic carbocycles. The number of hydrogen-bond acceptors (Lipinski definition) is 3. The maximum absolute atomic E-state index is 11.6. The average Bonchev–Trinajstić information content (AvgIpc) is 2.42. The van der Waals surface area contributed by atoms with E-state index in [1.807, 2.05) is 39.1 Å². The number of benzene rings is 1. The summed E-state index contributed by atoms with van der Waals surface area (Å²) in [4.78, 5) is 23.1. The van der Waals surface area contributed by atoms with Crippen molar-refractivity contribution in [3.63, 3.8) is 0 Å². The van der Waals surface area contributed by atoms with E-state index in [2.05, 4.69) is 21.3 Å². The monoisotopic (exact) mass is 278 g/mol. The lowest BCUT2D eigenvalue weighted by Gasteiger charge is -2.12. The molecule has 1 aromatic carbocycles. The number of carbonyl (C=O) groups excluding carboxylic acids is 2. The van der Waals surface area contributed by atoms with Gasteiger partial charge in [0.15, 0.2) is 0 Å². The first-order valence-electron chi connectivity index (χ1n) is 6.56. The molecular formula is C14H22N4O2. The van der Waals surface area contributed by atoms with Gasteiger partial charge in [0.2, 0.25) is 5.91 Å². The van der Waals surface area contributed by atoms with Crippen LogP contribution in [0.15, 0.2) is 24.3 Å². The number of hydrogen-bond donors (Lipinski definition) is 4. The van der Waals surface area contributed by atoms with Crippen molar-refractivity contribution in [2.24, 2.45) is 0 Å². The topological polar surface area (TPSA) is 82.3 Å². The number of amides is 3. The van der Waals surface area contributed by atoms with Gasteiger partial charge >= 0.3 is 6.03 Å². The van der Waals surface area contributed by atoms with Crippen molar-refractivity contribution in [3.05, 3.63) is 29.8 Å². The Bertz CT molecular complexity index is 462. The van der Waals surface area contributed by atoms with Gasteiger partial charge in [0, 0.05) is 18.3 Å². The Morgan fingerprint density at radius 2 is 2.00 bits per heavy atom. The van der Waals surface area contributed by atoms with Crippen LogP contribution in [0.2, 0.25) is 0 Å². The van der Waals surface area contributed by atoms with E-state index in [1.54, 1.807) is 6.07 Å². The Morgan fingerprint density at radius 3 is 2.65 bits per heavy atom. The van der Waals surface area contributed by atoms with Gasteiger partial charge in [-0.1, -0.05) is 12.1 Å². The van der Waals surface area contributed by atoms with Gasteiger partial charge in [-0.3, -0.25) is 4.79 Å². The molecule has 110 valence electrons. The molecule has 1 unspecified atom stereocenters. The molecule has 4 N–H and O–H groups in total. The molecule has 0 saturated carbocycles. The van der Waals surface area contributed by atoms with Crippen molar-refractivity contribution in [3.8, 4) is 0 Å². The van der Waals surface area contributed by atoms with Crippen LogP contribution >= 0.6 is 0 Å². The molecule has 0 aliphatic heterocycles. The standard InChI is InChI=1S/C14H22N4O2/c1-10-5-4-6-12(7-10)18-14(20)17-9-13(19)16-8-11(2)15-3/h4-7,11,15H,8-9H2,1-3H3,(H,16,19)(H2,17,18,20). The molecule has 0 saturated heterocycles. The molecule has 0 fully saturated rings. The van der Waals surface area contributed by atoms with Crippen LogP contribution in [0.25, 0.3) is 0 Å². The Hall–Kier alpha value is -2.08. The van der Waals surface area contributed by atoms with Crippen molar-refractivity contribution in [2.75, 3.05) is 25.5 Å². The van der Waals surface area contributed by atoms with Crippen molar-refractivity contribution >= 4 is 17.6 Å². The first-order chi connectivity index (χ1) is 9.51. The molecule has 1 aromatic rings. The molecular weight excluding hydrogens is 256 g/mol. The number of carbonyl (C=O) groups is 2. The lowest BCUT2D eigenvalue weighted by Crippen LogP contribution is -2.43. The van der Waals surface area contributed by atoms with Gasteiger partial charge in [-0.05, 0) is 38.6 Å². The van der Waals surface area contributed by atoms with Crippen LogP contribution in [0, 0.1) is 6.92 Å². The SMILES string of the molecule is CNC(C)CNC(=O)CNC(=O)Nc1cccc(C)c1. The molecule has 0 bridgehead atoms. The second kappa shape index (κ2) is 8.16. The van der Waals surface area contributed by atoms with Gasteiger partial charge in [0.1, 0.15) is 0 Å². The minimum atomic E-state index is -0.396. The number of urea groups is 1. The number of anilines is 1. The van der Waals surface area contributed by atoms with E-state index in [4.69, 9.17) is 0 Å². The Kier molecular flexibility index (Phi) is 6.52. The predicted octanol–water partition coefficient (Wildman–Crippen LogP) is 0.841. The number of aryl methyl sites for hydroxylation is 1. The van der Waals surface area contributed by atoms with Gasteiger partial charge in [-0.25, -0.2) is 4.79 Å². The number of nitrogens with one attached hydrogen (secondary N) is 4. The minimum Gasteiger partial charge on any atom is -0.353 e. The minimum absolute atomic E-state index is 0.0475. The van der Waals surface area contributed by atoms with Crippen LogP contribution < -0.4 is 21.3 Å². The van der Waals surface area contributed by atoms with E-state index < -0.39 is 6.03 Å². The first-order valence-corrected chi connectivity index (χ1v) is 6.56. The maximum atomic E-state index is 11.6. The molecule has 0 aliphatic rings. The molecule has 0 radical (unpaired) electrons. The summed E-state index contributed by atoms with van der Waals surface area (Å²) in [5.41, 5.74) is 1.76. The van der Waals surface area contributed by atoms with Crippen LogP contribution in [-0.2, 0) is 4.79 Å². The normalized spacial score (nSPS) is 11.6. The second-order valence-corrected chi connectivity index (χ2v) is 4.67. The fourth-order valence-electron chi connectivity index (χ4n) is 1.49. The average molecular weight is 278 g/mol. The van der Waals surface area contributed by atoms with Crippen LogP contribution in [0.3, 0.4) is 0 Å².